The number of carbonyl (C=O) groups is 4. The lowest BCUT2D eigenvalue weighted by molar-refractivity contribution is -0.211. The molecule has 0 spiro atoms. The highest BCUT2D eigenvalue weighted by molar-refractivity contribution is 7.53. The second kappa shape index (κ2) is 17.6. The van der Waals surface area contributed by atoms with E-state index in [2.05, 4.69) is 30.2 Å². The number of hydrogen-bond acceptors (Lipinski definition) is 11. The number of benzene rings is 1. The van der Waals surface area contributed by atoms with Gasteiger partial charge in [-0.3, -0.25) is 23.4 Å². The number of ether oxygens (including phenoxy) is 2. The topological polar surface area (TPSA) is 180 Å². The Morgan fingerprint density at radius 1 is 1.04 bits per heavy atom. The maximum absolute atomic E-state index is 13.4. The molecule has 0 aliphatic rings. The predicted molar refractivity (Wildman–Crippen MR) is 169 cm³/mol. The summed E-state index contributed by atoms with van der Waals surface area (Å²) in [6.07, 6.45) is -7.71. The summed E-state index contributed by atoms with van der Waals surface area (Å²) in [7, 11) is -3.69. The van der Waals surface area contributed by atoms with Gasteiger partial charge in [-0.1, -0.05) is 49.4 Å². The quantitative estimate of drug-likeness (QED) is 0.190. The van der Waals surface area contributed by atoms with E-state index in [0.717, 1.165) is 19.3 Å². The van der Waals surface area contributed by atoms with Crippen molar-refractivity contribution in [3.8, 4) is 0 Å². The van der Waals surface area contributed by atoms with Crippen LogP contribution in [0.1, 0.15) is 52.8 Å². The Morgan fingerprint density at radius 3 is 2.22 bits per heavy atom. The van der Waals surface area contributed by atoms with Gasteiger partial charge in [0.25, 0.3) is 6.10 Å². The number of nitrogens with one attached hydrogen (secondary N) is 2. The summed E-state index contributed by atoms with van der Waals surface area (Å²) < 4.78 is 72.2. The minimum atomic E-state index is -5.19. The van der Waals surface area contributed by atoms with E-state index in [4.69, 9.17) is 9.26 Å². The van der Waals surface area contributed by atoms with Crippen LogP contribution in [-0.2, 0) is 57.2 Å². The molecule has 0 fully saturated rings. The minimum absolute atomic E-state index is 0.0762. The fraction of sp³-hybridized carbons (Fsp3) is 0.600. The number of aromatic nitrogens is 3. The normalized spacial score (nSPS) is 15.0. The summed E-state index contributed by atoms with van der Waals surface area (Å²) in [6, 6.07) is 7.46. The second-order valence-corrected chi connectivity index (χ2v) is 14.5. The highest BCUT2D eigenvalue weighted by Gasteiger charge is 2.50. The number of esters is 1. The average Bonchev–Trinajstić information content (AvgIpc) is 3.43. The Morgan fingerprint density at radius 2 is 1.67 bits per heavy atom. The van der Waals surface area contributed by atoms with Crippen molar-refractivity contribution in [2.24, 2.45) is 5.92 Å². The molecule has 2 rings (SSSR count). The van der Waals surface area contributed by atoms with Crippen LogP contribution in [0.4, 0.5) is 18.0 Å². The first-order chi connectivity index (χ1) is 22.6. The highest BCUT2D eigenvalue weighted by atomic mass is 31.2. The first kappa shape index (κ1) is 41.2. The third-order valence-corrected chi connectivity index (χ3v) is 7.74. The molecule has 19 heteroatoms. The van der Waals surface area contributed by atoms with Crippen LogP contribution in [-0.4, -0.2) is 94.1 Å². The van der Waals surface area contributed by atoms with Gasteiger partial charge in [-0.15, -0.1) is 5.10 Å². The molecule has 2 unspecified atom stereocenters. The minimum Gasteiger partial charge on any atom is -0.467 e. The van der Waals surface area contributed by atoms with E-state index in [1.807, 2.05) is 19.9 Å². The number of methoxy groups -OCH3 is 1. The van der Waals surface area contributed by atoms with Crippen molar-refractivity contribution in [2.75, 3.05) is 20.3 Å². The standard InChI is InChI=1S/C30H44F3N6O9P/c1-19(2)23(16-39-15-22(36-37-39)18-46-49(8,44)48-25(27(42)45-7)30(31,32)33)35-24(40)17-38(14-21-12-10-9-11-13-21)26(41)20(3)34-28(43)47-29(4,5)6/h9-13,15,19-20,23,25H,14,16-18H2,1-8H3,(H,34,43)(H,35,40)/t20-,23+,25?,49?/m0/s1. The van der Waals surface area contributed by atoms with Gasteiger partial charge in [0, 0.05) is 13.2 Å². The summed E-state index contributed by atoms with van der Waals surface area (Å²) in [5.41, 5.74) is 0.0536. The van der Waals surface area contributed by atoms with Crippen molar-refractivity contribution in [1.82, 2.24) is 30.5 Å². The zero-order valence-electron chi connectivity index (χ0n) is 28.6. The zero-order chi connectivity index (χ0) is 37.2. The molecule has 0 radical (unpaired) electrons. The van der Waals surface area contributed by atoms with Crippen LogP contribution in [0.15, 0.2) is 36.5 Å². The zero-order valence-corrected chi connectivity index (χ0v) is 29.5. The number of hydrogen-bond donors (Lipinski definition) is 2. The number of alkyl halides is 3. The molecule has 0 aliphatic carbocycles. The van der Waals surface area contributed by atoms with Crippen LogP contribution in [0.2, 0.25) is 0 Å². The van der Waals surface area contributed by atoms with Crippen LogP contribution in [0.3, 0.4) is 0 Å². The first-order valence-electron chi connectivity index (χ1n) is 15.2. The molecule has 2 N–H and O–H groups in total. The molecule has 1 aromatic heterocycles. The third kappa shape index (κ3) is 14.6. The molecule has 1 aromatic carbocycles. The second-order valence-electron chi connectivity index (χ2n) is 12.5. The molecule has 4 atom stereocenters. The lowest BCUT2D eigenvalue weighted by Crippen LogP contribution is -2.52. The molecule has 0 aliphatic heterocycles. The molecule has 1 heterocycles. The van der Waals surface area contributed by atoms with Crippen molar-refractivity contribution in [3.63, 3.8) is 0 Å². The van der Waals surface area contributed by atoms with Gasteiger partial charge in [-0.25, -0.2) is 9.59 Å². The number of alkyl carbamates (subject to hydrolysis) is 1. The maximum atomic E-state index is 13.4. The van der Waals surface area contributed by atoms with Crippen LogP contribution >= 0.6 is 7.60 Å². The van der Waals surface area contributed by atoms with Crippen molar-refractivity contribution in [3.05, 3.63) is 47.8 Å². The van der Waals surface area contributed by atoms with Gasteiger partial charge in [0.15, 0.2) is 0 Å². The van der Waals surface area contributed by atoms with Crippen LogP contribution in [0.25, 0.3) is 0 Å². The van der Waals surface area contributed by atoms with Gasteiger partial charge >= 0.3 is 25.8 Å². The van der Waals surface area contributed by atoms with E-state index in [1.54, 1.807) is 45.0 Å². The molecule has 49 heavy (non-hydrogen) atoms. The molecule has 0 bridgehead atoms. The fourth-order valence-corrected chi connectivity index (χ4v) is 5.14. The summed E-state index contributed by atoms with van der Waals surface area (Å²) in [4.78, 5) is 51.8. The van der Waals surface area contributed by atoms with Crippen LogP contribution in [0, 0.1) is 5.92 Å². The van der Waals surface area contributed by atoms with Gasteiger partial charge in [0.2, 0.25) is 11.8 Å². The van der Waals surface area contributed by atoms with Crippen LogP contribution < -0.4 is 10.6 Å². The molecular weight excluding hydrogens is 676 g/mol. The summed E-state index contributed by atoms with van der Waals surface area (Å²) in [5.74, 6) is -2.94. The van der Waals surface area contributed by atoms with E-state index >= 15 is 0 Å². The summed E-state index contributed by atoms with van der Waals surface area (Å²) >= 11 is 0. The molecule has 3 amide bonds. The molecule has 2 aromatic rings. The fourth-order valence-electron chi connectivity index (χ4n) is 4.13. The Labute approximate surface area is 282 Å². The van der Waals surface area contributed by atoms with Gasteiger partial charge in [0.05, 0.1) is 32.4 Å². The number of rotatable bonds is 16. The molecule has 0 saturated carbocycles. The number of amides is 3. The van der Waals surface area contributed by atoms with Gasteiger partial charge in [-0.2, -0.15) is 13.2 Å². The summed E-state index contributed by atoms with van der Waals surface area (Å²) in [6.45, 7) is 10.3. The van der Waals surface area contributed by atoms with E-state index in [0.29, 0.717) is 0 Å². The van der Waals surface area contributed by atoms with Gasteiger partial charge in [-0.05, 0) is 39.2 Å². The van der Waals surface area contributed by atoms with Crippen LogP contribution in [0.5, 0.6) is 0 Å². The van der Waals surface area contributed by atoms with Crippen molar-refractivity contribution >= 4 is 31.5 Å². The van der Waals surface area contributed by atoms with E-state index in [1.165, 1.54) is 22.7 Å². The van der Waals surface area contributed by atoms with Crippen molar-refractivity contribution in [1.29, 1.82) is 0 Å². The molecule has 274 valence electrons. The highest BCUT2D eigenvalue weighted by Crippen LogP contribution is 2.48. The lowest BCUT2D eigenvalue weighted by atomic mass is 10.0. The number of halogens is 3. The third-order valence-electron chi connectivity index (χ3n) is 6.54. The van der Waals surface area contributed by atoms with Gasteiger partial charge < -0.3 is 29.5 Å². The van der Waals surface area contributed by atoms with E-state index in [9.17, 15) is 36.9 Å². The first-order valence-corrected chi connectivity index (χ1v) is 17.1. The Kier molecular flexibility index (Phi) is 14.8. The largest absolute Gasteiger partial charge is 0.467 e. The number of nitrogens with zero attached hydrogens (tertiary/aromatic N) is 4. The molecular formula is C30H44F3N6O9P. The SMILES string of the molecule is COC(=O)C(OP(C)(=O)OCc1cn(C[C@@H](NC(=O)CN(Cc2ccccc2)C(=O)[C@H](C)NC(=O)OC(C)(C)C)C(C)C)nn1)C(F)(F)F. The molecule has 0 saturated heterocycles. The lowest BCUT2D eigenvalue weighted by Gasteiger charge is -2.28. The Hall–Kier alpha value is -4.02. The Balaban J connectivity index is 2.09. The number of carbonyl (C=O) groups excluding carboxylic acids is 4. The monoisotopic (exact) mass is 720 g/mol. The maximum Gasteiger partial charge on any atom is 0.426 e. The predicted octanol–water partition coefficient (Wildman–Crippen LogP) is 3.82. The van der Waals surface area contributed by atoms with E-state index < -0.39 is 68.0 Å². The van der Waals surface area contributed by atoms with Crippen molar-refractivity contribution in [2.45, 2.75) is 91.2 Å². The Bertz CT molecular complexity index is 1470. The smallest absolute Gasteiger partial charge is 0.426 e. The molecule has 15 nitrogen and oxygen atoms in total. The van der Waals surface area contributed by atoms with E-state index in [-0.39, 0.29) is 31.2 Å². The van der Waals surface area contributed by atoms with Crippen molar-refractivity contribution < 1.29 is 55.4 Å². The van der Waals surface area contributed by atoms with Gasteiger partial charge in [0.1, 0.15) is 23.9 Å². The average molecular weight is 721 g/mol. The summed E-state index contributed by atoms with van der Waals surface area (Å²) in [5, 5.41) is 13.2.